The van der Waals surface area contributed by atoms with Crippen LogP contribution in [0.1, 0.15) is 13.8 Å². The molecule has 0 aromatic carbocycles. The number of ether oxygens (including phenoxy) is 2. The molecule has 3 aromatic heterocycles. The van der Waals surface area contributed by atoms with Crippen molar-refractivity contribution < 1.29 is 22.7 Å². The van der Waals surface area contributed by atoms with Crippen LogP contribution >= 0.6 is 0 Å². The summed E-state index contributed by atoms with van der Waals surface area (Å²) >= 11 is 0. The Bertz CT molecular complexity index is 1200. The Morgan fingerprint density at radius 2 is 2.14 bits per heavy atom. The van der Waals surface area contributed by atoms with E-state index >= 15 is 0 Å². The fraction of sp³-hybridized carbons (Fsp3) is 0.278. The van der Waals surface area contributed by atoms with Gasteiger partial charge < -0.3 is 19.8 Å². The smallest absolute Gasteiger partial charge is 0.222 e. The molecule has 1 atom stereocenters. The molecule has 146 valence electrons. The zero-order valence-electron chi connectivity index (χ0n) is 15.4. The third-order valence-corrected chi connectivity index (χ3v) is 5.18. The second-order valence-corrected chi connectivity index (χ2v) is 8.61. The first kappa shape index (κ1) is 18.2. The number of rotatable bonds is 3. The number of hydrogen-bond acceptors (Lipinski definition) is 7. The number of hydrogen-bond donors (Lipinski definition) is 2. The zero-order chi connectivity index (χ0) is 20.1. The third-order valence-electron chi connectivity index (χ3n) is 4.21. The van der Waals surface area contributed by atoms with Crippen molar-refractivity contribution in [3.05, 3.63) is 24.5 Å². The molecule has 1 aliphatic rings. The van der Waals surface area contributed by atoms with Gasteiger partial charge in [0.25, 0.3) is 0 Å². The average molecular weight is 402 g/mol. The second kappa shape index (κ2) is 6.48. The molecular weight excluding hydrogens is 384 g/mol. The van der Waals surface area contributed by atoms with Crippen molar-refractivity contribution in [1.29, 1.82) is 0 Å². The van der Waals surface area contributed by atoms with Crippen LogP contribution in [-0.2, 0) is 14.6 Å². The van der Waals surface area contributed by atoms with Gasteiger partial charge in [0, 0.05) is 36.4 Å². The number of pyridine rings is 2. The molecule has 9 nitrogen and oxygen atoms in total. The van der Waals surface area contributed by atoms with Crippen LogP contribution in [-0.4, -0.2) is 48.2 Å². The molecule has 0 fully saturated rings. The van der Waals surface area contributed by atoms with E-state index in [1.165, 1.54) is 13.0 Å². The predicted molar refractivity (Wildman–Crippen MR) is 102 cm³/mol. The van der Waals surface area contributed by atoms with E-state index in [1.807, 2.05) is 6.92 Å². The number of carbonyl (C=O) groups excluding carboxylic acids is 1. The Hall–Kier alpha value is -3.14. The van der Waals surface area contributed by atoms with Crippen LogP contribution in [0.4, 0.5) is 5.82 Å². The Labute approximate surface area is 161 Å². The molecule has 4 heterocycles. The van der Waals surface area contributed by atoms with Crippen molar-refractivity contribution in [2.45, 2.75) is 25.0 Å². The van der Waals surface area contributed by atoms with Crippen LogP contribution in [0.5, 0.6) is 11.5 Å². The van der Waals surface area contributed by atoms with Gasteiger partial charge >= 0.3 is 0 Å². The van der Waals surface area contributed by atoms with Gasteiger partial charge in [-0.2, -0.15) is 0 Å². The Morgan fingerprint density at radius 1 is 1.36 bits per heavy atom. The number of aromatic amines is 1. The van der Waals surface area contributed by atoms with E-state index in [4.69, 9.17) is 9.47 Å². The Balaban J connectivity index is 1.95. The molecule has 0 saturated carbocycles. The average Bonchev–Trinajstić information content (AvgIpc) is 3.02. The number of nitrogens with one attached hydrogen (secondary N) is 2. The molecule has 0 aliphatic carbocycles. The lowest BCUT2D eigenvalue weighted by atomic mass is 10.1. The largest absolute Gasteiger partial charge is 0.484 e. The van der Waals surface area contributed by atoms with Crippen LogP contribution in [0.2, 0.25) is 0 Å². The van der Waals surface area contributed by atoms with Crippen LogP contribution < -0.4 is 14.8 Å². The van der Waals surface area contributed by atoms with Crippen molar-refractivity contribution in [2.24, 2.45) is 0 Å². The summed E-state index contributed by atoms with van der Waals surface area (Å²) in [7, 11) is -3.57. The highest BCUT2D eigenvalue weighted by molar-refractivity contribution is 7.90. The van der Waals surface area contributed by atoms with Crippen molar-refractivity contribution in [3.8, 4) is 22.8 Å². The van der Waals surface area contributed by atoms with E-state index in [9.17, 15) is 13.2 Å². The van der Waals surface area contributed by atoms with Crippen molar-refractivity contribution >= 4 is 32.5 Å². The lowest BCUT2D eigenvalue weighted by molar-refractivity contribution is -0.114. The fourth-order valence-corrected chi connectivity index (χ4v) is 3.58. The molecule has 0 bridgehead atoms. The summed E-state index contributed by atoms with van der Waals surface area (Å²) in [4.78, 5) is 22.9. The lowest BCUT2D eigenvalue weighted by Gasteiger charge is -2.25. The van der Waals surface area contributed by atoms with Gasteiger partial charge in [0.05, 0.1) is 11.7 Å². The highest BCUT2D eigenvalue weighted by Crippen LogP contribution is 2.43. The molecule has 28 heavy (non-hydrogen) atoms. The van der Waals surface area contributed by atoms with Crippen molar-refractivity contribution in [1.82, 2.24) is 15.0 Å². The maximum atomic E-state index is 12.1. The number of fused-ring (bicyclic) bond motifs is 2. The molecular formula is C18H18N4O5S. The first-order valence-electron chi connectivity index (χ1n) is 8.52. The summed E-state index contributed by atoms with van der Waals surface area (Å²) in [6, 6.07) is 3.07. The number of nitrogens with zero attached hydrogens (tertiary/aromatic N) is 2. The molecule has 1 aliphatic heterocycles. The van der Waals surface area contributed by atoms with Gasteiger partial charge in [-0.05, 0) is 13.0 Å². The van der Waals surface area contributed by atoms with Crippen molar-refractivity contribution in [2.75, 3.05) is 18.2 Å². The minimum absolute atomic E-state index is 0.107. The molecule has 3 aromatic rings. The minimum Gasteiger partial charge on any atom is -0.484 e. The fourth-order valence-electron chi connectivity index (χ4n) is 3.00. The van der Waals surface area contributed by atoms with Crippen LogP contribution in [0.25, 0.3) is 22.2 Å². The third kappa shape index (κ3) is 3.26. The highest BCUT2D eigenvalue weighted by Gasteiger charge is 2.27. The molecule has 1 amide bonds. The summed E-state index contributed by atoms with van der Waals surface area (Å²) in [5, 5.41) is 3.24. The Morgan fingerprint density at radius 3 is 2.86 bits per heavy atom. The molecule has 2 N–H and O–H groups in total. The second-order valence-electron chi connectivity index (χ2n) is 6.65. The van der Waals surface area contributed by atoms with Gasteiger partial charge in [-0.3, -0.25) is 4.79 Å². The Kier molecular flexibility index (Phi) is 4.22. The first-order valence-corrected chi connectivity index (χ1v) is 10.4. The van der Waals surface area contributed by atoms with Crippen molar-refractivity contribution in [3.63, 3.8) is 0 Å². The summed E-state index contributed by atoms with van der Waals surface area (Å²) in [6.07, 6.45) is 4.15. The van der Waals surface area contributed by atoms with Crippen LogP contribution in [0, 0.1) is 0 Å². The molecule has 4 rings (SSSR count). The summed E-state index contributed by atoms with van der Waals surface area (Å²) in [5.74, 6) is 0.836. The predicted octanol–water partition coefficient (Wildman–Crippen LogP) is 2.15. The highest BCUT2D eigenvalue weighted by atomic mass is 32.2. The van der Waals surface area contributed by atoms with Gasteiger partial charge in [-0.1, -0.05) is 0 Å². The topological polar surface area (TPSA) is 123 Å². The van der Waals surface area contributed by atoms with E-state index in [0.29, 0.717) is 46.1 Å². The number of anilines is 1. The molecule has 0 spiro atoms. The van der Waals surface area contributed by atoms with Gasteiger partial charge in [-0.15, -0.1) is 0 Å². The van der Waals surface area contributed by atoms with Gasteiger partial charge in [0.1, 0.15) is 24.2 Å². The number of sulfone groups is 1. The van der Waals surface area contributed by atoms with Gasteiger partial charge in [-0.25, -0.2) is 18.4 Å². The summed E-state index contributed by atoms with van der Waals surface area (Å²) < 4.78 is 35.9. The molecule has 0 unspecified atom stereocenters. The molecule has 0 radical (unpaired) electrons. The van der Waals surface area contributed by atoms with E-state index < -0.39 is 9.84 Å². The molecule has 0 saturated heterocycles. The van der Waals surface area contributed by atoms with Crippen LogP contribution in [0.3, 0.4) is 0 Å². The number of H-pyrrole nitrogens is 1. The van der Waals surface area contributed by atoms with E-state index in [-0.39, 0.29) is 17.0 Å². The van der Waals surface area contributed by atoms with E-state index in [2.05, 4.69) is 20.3 Å². The van der Waals surface area contributed by atoms with E-state index in [0.717, 1.165) is 6.26 Å². The standard InChI is InChI=1S/C18H18N4O5S/c1-9-8-26-18-14(27-9)5-16(28(3,24)25)22-17(18)12-6-19-13-7-20-15(4-11(12)13)21-10(2)23/h4-7,9,19H,8H2,1-3H3,(H,20,21,23)/t9-/m1/s1. The monoisotopic (exact) mass is 402 g/mol. The maximum absolute atomic E-state index is 12.1. The van der Waals surface area contributed by atoms with Gasteiger partial charge in [0.15, 0.2) is 26.4 Å². The summed E-state index contributed by atoms with van der Waals surface area (Å²) in [6.45, 7) is 3.55. The first-order chi connectivity index (χ1) is 13.2. The normalized spacial score (nSPS) is 16.2. The maximum Gasteiger partial charge on any atom is 0.222 e. The van der Waals surface area contributed by atoms with Crippen LogP contribution in [0.15, 0.2) is 29.6 Å². The minimum atomic E-state index is -3.57. The number of amides is 1. The SMILES string of the molecule is CC(=O)Nc1cc2c(-c3nc(S(C)(=O)=O)cc4c3OC[C@@H](C)O4)c[nH]c2cn1. The van der Waals surface area contributed by atoms with E-state index in [1.54, 1.807) is 18.5 Å². The van der Waals surface area contributed by atoms with Gasteiger partial charge in [0.2, 0.25) is 5.91 Å². The number of aromatic nitrogens is 3. The summed E-state index contributed by atoms with van der Waals surface area (Å²) in [5.41, 5.74) is 1.66. The quantitative estimate of drug-likeness (QED) is 0.688. The molecule has 10 heteroatoms. The zero-order valence-corrected chi connectivity index (χ0v) is 16.3. The lowest BCUT2D eigenvalue weighted by Crippen LogP contribution is -2.26. The number of carbonyl (C=O) groups is 1.